The maximum Gasteiger partial charge on any atom is 0.338 e. The quantitative estimate of drug-likeness (QED) is 0.853. The van der Waals surface area contributed by atoms with Gasteiger partial charge in [-0.05, 0) is 30.7 Å². The second-order valence-electron chi connectivity index (χ2n) is 4.97. The van der Waals surface area contributed by atoms with Gasteiger partial charge in [-0.2, -0.15) is 0 Å². The molecule has 0 atom stereocenters. The second kappa shape index (κ2) is 7.74. The molecule has 23 heavy (non-hydrogen) atoms. The predicted molar refractivity (Wildman–Crippen MR) is 84.7 cm³/mol. The first-order chi connectivity index (χ1) is 11.0. The molecule has 2 aromatic rings. The zero-order valence-corrected chi connectivity index (χ0v) is 13.2. The van der Waals surface area contributed by atoms with Gasteiger partial charge in [0, 0.05) is 6.54 Å². The fraction of sp³-hybridized carbons (Fsp3) is 0.176. The van der Waals surface area contributed by atoms with Gasteiger partial charge < -0.3 is 10.1 Å². The summed E-state index contributed by atoms with van der Waals surface area (Å²) in [5.41, 5.74) is 2.13. The van der Waals surface area contributed by atoms with E-state index in [9.17, 15) is 14.0 Å². The van der Waals surface area contributed by atoms with Crippen LogP contribution in [-0.2, 0) is 16.1 Å². The lowest BCUT2D eigenvalue weighted by Gasteiger charge is -2.07. The minimum Gasteiger partial charge on any atom is -0.452 e. The van der Waals surface area contributed by atoms with Crippen LogP contribution in [0, 0.1) is 12.7 Å². The molecule has 0 aromatic heterocycles. The Morgan fingerprint density at radius 3 is 2.70 bits per heavy atom. The summed E-state index contributed by atoms with van der Waals surface area (Å²) < 4.78 is 17.9. The average molecular weight is 336 g/mol. The molecule has 0 aliphatic heterocycles. The van der Waals surface area contributed by atoms with Crippen molar-refractivity contribution < 1.29 is 18.7 Å². The maximum atomic E-state index is 13.0. The summed E-state index contributed by atoms with van der Waals surface area (Å²) in [6.45, 7) is 1.89. The summed E-state index contributed by atoms with van der Waals surface area (Å²) in [5.74, 6) is -1.79. The Labute approximate surface area is 138 Å². The number of aryl methyl sites for hydroxylation is 1. The molecule has 4 nitrogen and oxygen atoms in total. The third-order valence-electron chi connectivity index (χ3n) is 3.06. The van der Waals surface area contributed by atoms with Gasteiger partial charge in [-0.25, -0.2) is 9.18 Å². The highest BCUT2D eigenvalue weighted by Gasteiger charge is 2.12. The van der Waals surface area contributed by atoms with Crippen molar-refractivity contribution in [3.05, 3.63) is 70.0 Å². The van der Waals surface area contributed by atoms with Crippen LogP contribution in [0.15, 0.2) is 42.5 Å². The van der Waals surface area contributed by atoms with Crippen molar-refractivity contribution in [3.63, 3.8) is 0 Å². The smallest absolute Gasteiger partial charge is 0.338 e. The number of amides is 1. The molecule has 1 N–H and O–H groups in total. The third-order valence-corrected chi connectivity index (χ3v) is 3.35. The van der Waals surface area contributed by atoms with Crippen LogP contribution >= 0.6 is 11.6 Å². The summed E-state index contributed by atoms with van der Waals surface area (Å²) in [6.07, 6.45) is 0. The molecule has 2 rings (SSSR count). The van der Waals surface area contributed by atoms with E-state index in [2.05, 4.69) is 5.32 Å². The molecule has 1 amide bonds. The number of rotatable bonds is 5. The largest absolute Gasteiger partial charge is 0.452 e. The normalized spacial score (nSPS) is 10.2. The molecule has 6 heteroatoms. The van der Waals surface area contributed by atoms with Crippen LogP contribution in [0.1, 0.15) is 21.5 Å². The highest BCUT2D eigenvalue weighted by Crippen LogP contribution is 2.16. The topological polar surface area (TPSA) is 55.4 Å². The minimum absolute atomic E-state index is 0.0860. The summed E-state index contributed by atoms with van der Waals surface area (Å²) in [5, 5.41) is 2.47. The Hall–Kier alpha value is -2.40. The van der Waals surface area contributed by atoms with Crippen LogP contribution in [0.4, 0.5) is 4.39 Å². The van der Waals surface area contributed by atoms with Gasteiger partial charge in [-0.15, -0.1) is 0 Å². The van der Waals surface area contributed by atoms with E-state index in [4.69, 9.17) is 16.3 Å². The first-order valence-corrected chi connectivity index (χ1v) is 7.28. The number of benzene rings is 2. The van der Waals surface area contributed by atoms with Gasteiger partial charge in [0.05, 0.1) is 10.6 Å². The summed E-state index contributed by atoms with van der Waals surface area (Å²) in [4.78, 5) is 23.4. The Kier molecular flexibility index (Phi) is 5.71. The van der Waals surface area contributed by atoms with Gasteiger partial charge >= 0.3 is 5.97 Å². The van der Waals surface area contributed by atoms with E-state index >= 15 is 0 Å². The molecule has 0 fully saturated rings. The molecule has 2 aromatic carbocycles. The number of esters is 1. The molecule has 0 aliphatic carbocycles. The highest BCUT2D eigenvalue weighted by molar-refractivity contribution is 6.31. The Bertz CT molecular complexity index is 734. The van der Waals surface area contributed by atoms with Crippen LogP contribution in [0.3, 0.4) is 0 Å². The molecule has 0 saturated heterocycles. The van der Waals surface area contributed by atoms with E-state index in [1.54, 1.807) is 0 Å². The lowest BCUT2D eigenvalue weighted by atomic mass is 10.1. The van der Waals surface area contributed by atoms with E-state index in [1.165, 1.54) is 6.07 Å². The zero-order valence-electron chi connectivity index (χ0n) is 12.4. The van der Waals surface area contributed by atoms with Crippen LogP contribution < -0.4 is 5.32 Å². The van der Waals surface area contributed by atoms with Gasteiger partial charge in [-0.3, -0.25) is 4.79 Å². The number of carbonyl (C=O) groups is 2. The molecule has 0 unspecified atom stereocenters. The van der Waals surface area contributed by atoms with Crippen LogP contribution in [0.2, 0.25) is 5.02 Å². The number of hydrogen-bond donors (Lipinski definition) is 1. The van der Waals surface area contributed by atoms with Crippen molar-refractivity contribution in [1.82, 2.24) is 5.32 Å². The van der Waals surface area contributed by atoms with E-state index in [0.717, 1.165) is 23.3 Å². The van der Waals surface area contributed by atoms with Crippen molar-refractivity contribution in [1.29, 1.82) is 0 Å². The van der Waals surface area contributed by atoms with Crippen LogP contribution in [-0.4, -0.2) is 18.5 Å². The third kappa shape index (κ3) is 5.07. The number of carbonyl (C=O) groups excluding carboxylic acids is 2. The predicted octanol–water partition coefficient (Wildman–Crippen LogP) is 3.26. The Morgan fingerprint density at radius 2 is 2.00 bits per heavy atom. The van der Waals surface area contributed by atoms with E-state index in [0.29, 0.717) is 6.54 Å². The van der Waals surface area contributed by atoms with Gasteiger partial charge in [-0.1, -0.05) is 41.4 Å². The maximum absolute atomic E-state index is 13.0. The first-order valence-electron chi connectivity index (χ1n) is 6.90. The van der Waals surface area contributed by atoms with Gasteiger partial charge in [0.15, 0.2) is 6.61 Å². The number of hydrogen-bond acceptors (Lipinski definition) is 3. The molecule has 0 saturated carbocycles. The summed E-state index contributed by atoms with van der Waals surface area (Å²) >= 11 is 5.59. The molecule has 0 aliphatic rings. The van der Waals surface area contributed by atoms with E-state index in [-0.39, 0.29) is 10.6 Å². The molecule has 0 heterocycles. The van der Waals surface area contributed by atoms with Crippen molar-refractivity contribution in [2.24, 2.45) is 0 Å². The molecular weight excluding hydrogens is 321 g/mol. The van der Waals surface area contributed by atoms with Crippen molar-refractivity contribution >= 4 is 23.5 Å². The SMILES string of the molecule is Cc1cccc(CNC(=O)COC(=O)c2ccc(F)c(Cl)c2)c1. The summed E-state index contributed by atoms with van der Waals surface area (Å²) in [7, 11) is 0. The van der Waals surface area contributed by atoms with Crippen molar-refractivity contribution in [2.45, 2.75) is 13.5 Å². The number of halogens is 2. The standard InChI is InChI=1S/C17H15ClFNO3/c1-11-3-2-4-12(7-11)9-20-16(21)10-23-17(22)13-5-6-15(19)14(18)8-13/h2-8H,9-10H2,1H3,(H,20,21). The van der Waals surface area contributed by atoms with Crippen molar-refractivity contribution in [2.75, 3.05) is 6.61 Å². The van der Waals surface area contributed by atoms with E-state index in [1.807, 2.05) is 31.2 Å². The Morgan fingerprint density at radius 1 is 1.22 bits per heavy atom. The molecule has 120 valence electrons. The van der Waals surface area contributed by atoms with Crippen molar-refractivity contribution in [3.8, 4) is 0 Å². The first kappa shape index (κ1) is 17.0. The fourth-order valence-electron chi connectivity index (χ4n) is 1.91. The van der Waals surface area contributed by atoms with E-state index < -0.39 is 24.3 Å². The summed E-state index contributed by atoms with van der Waals surface area (Å²) in [6, 6.07) is 11.2. The highest BCUT2D eigenvalue weighted by atomic mass is 35.5. The monoisotopic (exact) mass is 335 g/mol. The lowest BCUT2D eigenvalue weighted by Crippen LogP contribution is -2.28. The van der Waals surface area contributed by atoms with Crippen LogP contribution in [0.5, 0.6) is 0 Å². The Balaban J connectivity index is 1.81. The zero-order chi connectivity index (χ0) is 16.8. The van der Waals surface area contributed by atoms with Gasteiger partial charge in [0.1, 0.15) is 5.82 Å². The minimum atomic E-state index is -0.738. The number of nitrogens with one attached hydrogen (secondary N) is 1. The van der Waals surface area contributed by atoms with Crippen LogP contribution in [0.25, 0.3) is 0 Å². The second-order valence-corrected chi connectivity index (χ2v) is 5.38. The average Bonchev–Trinajstić information content (AvgIpc) is 2.53. The van der Waals surface area contributed by atoms with Gasteiger partial charge in [0.2, 0.25) is 0 Å². The molecular formula is C17H15ClFNO3. The van der Waals surface area contributed by atoms with Gasteiger partial charge in [0.25, 0.3) is 5.91 Å². The number of ether oxygens (including phenoxy) is 1. The molecule has 0 radical (unpaired) electrons. The molecule has 0 bridgehead atoms. The fourth-order valence-corrected chi connectivity index (χ4v) is 2.09. The lowest BCUT2D eigenvalue weighted by molar-refractivity contribution is -0.124. The molecule has 0 spiro atoms.